The van der Waals surface area contributed by atoms with Gasteiger partial charge in [-0.2, -0.15) is 0 Å². The van der Waals surface area contributed by atoms with Crippen molar-refractivity contribution in [2.45, 2.75) is 11.8 Å². The van der Waals surface area contributed by atoms with Crippen molar-refractivity contribution in [3.05, 3.63) is 56.2 Å². The van der Waals surface area contributed by atoms with Crippen molar-refractivity contribution in [1.29, 1.82) is 0 Å². The minimum atomic E-state index is -0.574. The van der Waals surface area contributed by atoms with E-state index in [1.54, 1.807) is 0 Å². The Labute approximate surface area is 115 Å². The second kappa shape index (κ2) is 5.46. The number of benzene rings is 1. The van der Waals surface area contributed by atoms with Crippen LogP contribution in [0.4, 0.5) is 8.78 Å². The third kappa shape index (κ3) is 3.06. The van der Waals surface area contributed by atoms with Gasteiger partial charge in [0.25, 0.3) is 0 Å². The lowest BCUT2D eigenvalue weighted by atomic mass is 10.1. The van der Waals surface area contributed by atoms with Crippen LogP contribution in [-0.2, 0) is 6.42 Å². The van der Waals surface area contributed by atoms with Gasteiger partial charge in [0.05, 0.1) is 5.38 Å². The monoisotopic (exact) mass is 336 g/mol. The molecule has 1 atom stereocenters. The molecule has 0 fully saturated rings. The molecule has 5 heteroatoms. The molecule has 0 amide bonds. The van der Waals surface area contributed by atoms with Crippen LogP contribution in [0.1, 0.15) is 15.8 Å². The SMILES string of the molecule is Fc1ccc(CC(Cl)c2sccc2Br)c(F)c1. The van der Waals surface area contributed by atoms with Crippen LogP contribution in [-0.4, -0.2) is 0 Å². The molecule has 0 bridgehead atoms. The molecule has 0 saturated heterocycles. The molecule has 1 heterocycles. The molecule has 0 N–H and O–H groups in total. The molecule has 0 aliphatic heterocycles. The number of thiophene rings is 1. The van der Waals surface area contributed by atoms with E-state index in [-0.39, 0.29) is 5.38 Å². The zero-order valence-electron chi connectivity index (χ0n) is 8.59. The van der Waals surface area contributed by atoms with Gasteiger partial charge >= 0.3 is 0 Å². The first-order chi connectivity index (χ1) is 8.08. The minimum absolute atomic E-state index is 0.315. The van der Waals surface area contributed by atoms with E-state index in [0.717, 1.165) is 15.4 Å². The van der Waals surface area contributed by atoms with E-state index in [9.17, 15) is 8.78 Å². The molecule has 0 saturated carbocycles. The summed E-state index contributed by atoms with van der Waals surface area (Å²) in [6.07, 6.45) is 0.340. The van der Waals surface area contributed by atoms with Gasteiger partial charge in [0, 0.05) is 15.4 Å². The first kappa shape index (κ1) is 13.0. The fourth-order valence-electron chi connectivity index (χ4n) is 1.50. The smallest absolute Gasteiger partial charge is 0.129 e. The molecular formula is C12H8BrClF2S. The van der Waals surface area contributed by atoms with Crippen molar-refractivity contribution in [1.82, 2.24) is 0 Å². The molecule has 17 heavy (non-hydrogen) atoms. The van der Waals surface area contributed by atoms with Gasteiger partial charge in [0.1, 0.15) is 11.6 Å². The molecule has 0 spiro atoms. The Morgan fingerprint density at radius 1 is 1.29 bits per heavy atom. The fourth-order valence-corrected chi connectivity index (χ4v) is 3.70. The summed E-state index contributed by atoms with van der Waals surface area (Å²) in [5, 5.41) is 1.60. The van der Waals surface area contributed by atoms with E-state index in [4.69, 9.17) is 11.6 Å². The van der Waals surface area contributed by atoms with Crippen molar-refractivity contribution in [2.24, 2.45) is 0 Å². The van der Waals surface area contributed by atoms with E-state index in [1.807, 2.05) is 11.4 Å². The summed E-state index contributed by atoms with van der Waals surface area (Å²) in [5.74, 6) is -1.13. The summed E-state index contributed by atoms with van der Waals surface area (Å²) >= 11 is 11.1. The van der Waals surface area contributed by atoms with Crippen LogP contribution >= 0.6 is 38.9 Å². The molecule has 90 valence electrons. The average molecular weight is 338 g/mol. The summed E-state index contributed by atoms with van der Waals surface area (Å²) in [7, 11) is 0. The molecule has 0 radical (unpaired) electrons. The van der Waals surface area contributed by atoms with Gasteiger partial charge in [0.2, 0.25) is 0 Å². The third-order valence-corrected chi connectivity index (χ3v) is 4.83. The van der Waals surface area contributed by atoms with Gasteiger partial charge in [-0.15, -0.1) is 22.9 Å². The van der Waals surface area contributed by atoms with Crippen LogP contribution in [0, 0.1) is 11.6 Å². The van der Waals surface area contributed by atoms with Crippen LogP contribution in [0.3, 0.4) is 0 Å². The average Bonchev–Trinajstić information content (AvgIpc) is 2.68. The number of rotatable bonds is 3. The van der Waals surface area contributed by atoms with Gasteiger partial charge in [0.15, 0.2) is 0 Å². The van der Waals surface area contributed by atoms with E-state index in [0.29, 0.717) is 12.0 Å². The molecule has 1 aromatic heterocycles. The largest absolute Gasteiger partial charge is 0.207 e. The molecular weight excluding hydrogens is 330 g/mol. The van der Waals surface area contributed by atoms with Crippen LogP contribution < -0.4 is 0 Å². The molecule has 2 rings (SSSR count). The van der Waals surface area contributed by atoms with Gasteiger partial charge < -0.3 is 0 Å². The van der Waals surface area contributed by atoms with Crippen molar-refractivity contribution in [3.8, 4) is 0 Å². The van der Waals surface area contributed by atoms with E-state index < -0.39 is 11.6 Å². The zero-order chi connectivity index (χ0) is 12.4. The molecule has 0 aliphatic carbocycles. The van der Waals surface area contributed by atoms with Crippen LogP contribution in [0.2, 0.25) is 0 Å². The minimum Gasteiger partial charge on any atom is -0.207 e. The predicted molar refractivity (Wildman–Crippen MR) is 70.7 cm³/mol. The topological polar surface area (TPSA) is 0 Å². The normalized spacial score (nSPS) is 12.7. The second-order valence-corrected chi connectivity index (χ2v) is 5.87. The van der Waals surface area contributed by atoms with E-state index in [2.05, 4.69) is 15.9 Å². The molecule has 1 unspecified atom stereocenters. The van der Waals surface area contributed by atoms with Crippen molar-refractivity contribution < 1.29 is 8.78 Å². The first-order valence-electron chi connectivity index (χ1n) is 4.89. The molecule has 0 nitrogen and oxygen atoms in total. The number of alkyl halides is 1. The Morgan fingerprint density at radius 2 is 2.06 bits per heavy atom. The van der Waals surface area contributed by atoms with Crippen LogP contribution in [0.15, 0.2) is 34.1 Å². The second-order valence-electron chi connectivity index (χ2n) is 3.54. The summed E-state index contributed by atoms with van der Waals surface area (Å²) in [5.41, 5.74) is 0.423. The summed E-state index contributed by atoms with van der Waals surface area (Å²) < 4.78 is 27.1. The fraction of sp³-hybridized carbons (Fsp3) is 0.167. The Hall–Kier alpha value is -0.450. The molecule has 1 aromatic carbocycles. The van der Waals surface area contributed by atoms with Crippen LogP contribution in [0.25, 0.3) is 0 Å². The highest BCUT2D eigenvalue weighted by Gasteiger charge is 2.16. The van der Waals surface area contributed by atoms with Crippen LogP contribution in [0.5, 0.6) is 0 Å². The summed E-state index contributed by atoms with van der Waals surface area (Å²) in [6, 6.07) is 5.45. The van der Waals surface area contributed by atoms with Crippen molar-refractivity contribution in [3.63, 3.8) is 0 Å². The summed E-state index contributed by atoms with van der Waals surface area (Å²) in [6.45, 7) is 0. The van der Waals surface area contributed by atoms with Gasteiger partial charge in [-0.25, -0.2) is 8.78 Å². The lowest BCUT2D eigenvalue weighted by Crippen LogP contribution is -1.98. The Bertz CT molecular complexity index is 527. The number of halogens is 4. The quantitative estimate of drug-likeness (QED) is 0.666. The Morgan fingerprint density at radius 3 is 2.65 bits per heavy atom. The maximum atomic E-state index is 13.4. The van der Waals surface area contributed by atoms with Gasteiger partial charge in [-0.05, 0) is 45.4 Å². The number of hydrogen-bond donors (Lipinski definition) is 0. The number of hydrogen-bond acceptors (Lipinski definition) is 1. The molecule has 2 aromatic rings. The van der Waals surface area contributed by atoms with Crippen molar-refractivity contribution in [2.75, 3.05) is 0 Å². The maximum absolute atomic E-state index is 13.4. The maximum Gasteiger partial charge on any atom is 0.129 e. The highest BCUT2D eigenvalue weighted by atomic mass is 79.9. The predicted octanol–water partition coefficient (Wildman–Crippen LogP) is 5.31. The lowest BCUT2D eigenvalue weighted by molar-refractivity contribution is 0.571. The van der Waals surface area contributed by atoms with Gasteiger partial charge in [-0.1, -0.05) is 6.07 Å². The van der Waals surface area contributed by atoms with E-state index in [1.165, 1.54) is 23.5 Å². The highest BCUT2D eigenvalue weighted by Crippen LogP contribution is 2.35. The lowest BCUT2D eigenvalue weighted by Gasteiger charge is -2.09. The Kier molecular flexibility index (Phi) is 4.17. The standard InChI is InChI=1S/C12H8BrClF2S/c13-9-3-4-17-12(9)10(14)5-7-1-2-8(15)6-11(7)16/h1-4,6,10H,5H2. The Balaban J connectivity index is 2.19. The highest BCUT2D eigenvalue weighted by molar-refractivity contribution is 9.10. The summed E-state index contributed by atoms with van der Waals surface area (Å²) in [4.78, 5) is 0.954. The van der Waals surface area contributed by atoms with Crippen molar-refractivity contribution >= 4 is 38.9 Å². The third-order valence-electron chi connectivity index (χ3n) is 2.34. The zero-order valence-corrected chi connectivity index (χ0v) is 11.7. The van der Waals surface area contributed by atoms with Gasteiger partial charge in [-0.3, -0.25) is 0 Å². The first-order valence-corrected chi connectivity index (χ1v) is 6.99. The molecule has 0 aliphatic rings. The van der Waals surface area contributed by atoms with E-state index >= 15 is 0 Å².